The van der Waals surface area contributed by atoms with Crippen molar-refractivity contribution in [3.05, 3.63) is 15.6 Å². The Morgan fingerprint density at radius 3 is 2.41 bits per heavy atom. The molecule has 2 N–H and O–H groups in total. The highest BCUT2D eigenvalue weighted by molar-refractivity contribution is 7.11. The van der Waals surface area contributed by atoms with Crippen molar-refractivity contribution in [2.45, 2.75) is 39.7 Å². The second-order valence-electron chi connectivity index (χ2n) is 4.55. The van der Waals surface area contributed by atoms with Crippen molar-refractivity contribution in [2.24, 2.45) is 0 Å². The first-order valence-electron chi connectivity index (χ1n) is 5.19. The molecule has 0 aliphatic heterocycles. The molecule has 0 aromatic carbocycles. The molecule has 0 saturated heterocycles. The molecule has 17 heavy (non-hydrogen) atoms. The van der Waals surface area contributed by atoms with Gasteiger partial charge in [0, 0.05) is 10.4 Å². The van der Waals surface area contributed by atoms with Crippen LogP contribution in [0.15, 0.2) is 0 Å². The molecule has 1 heterocycles. The zero-order valence-corrected chi connectivity index (χ0v) is 11.1. The average molecular weight is 256 g/mol. The lowest BCUT2D eigenvalue weighted by Gasteiger charge is -2.23. The highest BCUT2D eigenvalue weighted by Crippen LogP contribution is 2.17. The number of carbonyl (C=O) groups excluding carboxylic acids is 1. The number of carbonyl (C=O) groups is 2. The molecule has 0 radical (unpaired) electrons. The highest BCUT2D eigenvalue weighted by atomic mass is 32.1. The molecule has 1 aromatic rings. The van der Waals surface area contributed by atoms with Gasteiger partial charge in [-0.15, -0.1) is 11.3 Å². The van der Waals surface area contributed by atoms with Gasteiger partial charge >= 0.3 is 5.97 Å². The molecule has 0 saturated carbocycles. The van der Waals surface area contributed by atoms with E-state index < -0.39 is 11.5 Å². The Hall–Kier alpha value is -1.43. The number of aliphatic carboxylic acids is 1. The molecule has 0 spiro atoms. The first kappa shape index (κ1) is 13.6. The molecule has 0 aliphatic carbocycles. The number of amides is 1. The maximum atomic E-state index is 11.9. The Balaban J connectivity index is 2.79. The van der Waals surface area contributed by atoms with E-state index >= 15 is 0 Å². The Morgan fingerprint density at radius 1 is 1.41 bits per heavy atom. The summed E-state index contributed by atoms with van der Waals surface area (Å²) in [6.45, 7) is 7.00. The van der Waals surface area contributed by atoms with Gasteiger partial charge in [-0.1, -0.05) is 0 Å². The van der Waals surface area contributed by atoms with Crippen molar-refractivity contribution in [3.8, 4) is 0 Å². The van der Waals surface area contributed by atoms with Gasteiger partial charge in [0.15, 0.2) is 0 Å². The van der Waals surface area contributed by atoms with Crippen LogP contribution in [0.5, 0.6) is 0 Å². The monoisotopic (exact) mass is 256 g/mol. The van der Waals surface area contributed by atoms with Gasteiger partial charge in [0.05, 0.1) is 11.4 Å². The Bertz CT molecular complexity index is 452. The smallest absolute Gasteiger partial charge is 0.305 e. The van der Waals surface area contributed by atoms with Crippen molar-refractivity contribution in [3.63, 3.8) is 0 Å². The second kappa shape index (κ2) is 4.83. The number of carboxylic acid groups (broad SMARTS) is 1. The summed E-state index contributed by atoms with van der Waals surface area (Å²) in [7, 11) is 0. The number of nitrogens with one attached hydrogen (secondary N) is 1. The third-order valence-corrected chi connectivity index (χ3v) is 3.05. The molecule has 1 amide bonds. The summed E-state index contributed by atoms with van der Waals surface area (Å²) in [5.74, 6) is -1.26. The van der Waals surface area contributed by atoms with E-state index in [4.69, 9.17) is 5.11 Å². The molecule has 5 nitrogen and oxygen atoms in total. The topological polar surface area (TPSA) is 79.3 Å². The molecule has 94 valence electrons. The summed E-state index contributed by atoms with van der Waals surface area (Å²) in [6, 6.07) is 0. The summed E-state index contributed by atoms with van der Waals surface area (Å²) in [5, 5.41) is 12.2. The van der Waals surface area contributed by atoms with Crippen molar-refractivity contribution in [2.75, 3.05) is 0 Å². The quantitative estimate of drug-likeness (QED) is 0.860. The van der Waals surface area contributed by atoms with E-state index in [0.29, 0.717) is 5.69 Å². The number of thiazole rings is 1. The van der Waals surface area contributed by atoms with Crippen LogP contribution in [-0.4, -0.2) is 27.5 Å². The maximum absolute atomic E-state index is 11.9. The van der Waals surface area contributed by atoms with Crippen LogP contribution in [0.2, 0.25) is 0 Å². The first-order chi connectivity index (χ1) is 7.71. The van der Waals surface area contributed by atoms with Gasteiger partial charge in [-0.2, -0.15) is 0 Å². The first-order valence-corrected chi connectivity index (χ1v) is 6.01. The predicted octanol–water partition coefficient (Wildman–Crippen LogP) is 1.74. The number of nitrogens with zero attached hydrogens (tertiary/aromatic N) is 1. The molecule has 0 bridgehead atoms. The molecule has 1 aromatic heterocycles. The Morgan fingerprint density at radius 2 is 2.00 bits per heavy atom. The average Bonchev–Trinajstić information content (AvgIpc) is 2.41. The fourth-order valence-corrected chi connectivity index (χ4v) is 2.34. The molecule has 0 unspecified atom stereocenters. The number of aryl methyl sites for hydroxylation is 2. The predicted molar refractivity (Wildman–Crippen MR) is 65.4 cm³/mol. The SMILES string of the molecule is Cc1nc(C(=O)NC(C)(C)CC(=O)O)c(C)s1. The van der Waals surface area contributed by atoms with Crippen LogP contribution in [0.1, 0.15) is 40.6 Å². The Labute approximate surface area is 104 Å². The molecule has 0 fully saturated rings. The van der Waals surface area contributed by atoms with Gasteiger partial charge in [0.25, 0.3) is 5.91 Å². The van der Waals surface area contributed by atoms with Crippen molar-refractivity contribution in [1.29, 1.82) is 0 Å². The zero-order valence-electron chi connectivity index (χ0n) is 10.3. The van der Waals surface area contributed by atoms with E-state index in [1.807, 2.05) is 13.8 Å². The standard InChI is InChI=1S/C11H16N2O3S/c1-6-9(12-7(2)17-6)10(16)13-11(3,4)5-8(14)15/h5H2,1-4H3,(H,13,16)(H,14,15). The van der Waals surface area contributed by atoms with Gasteiger partial charge in [-0.05, 0) is 27.7 Å². The van der Waals surface area contributed by atoms with Gasteiger partial charge in [-0.3, -0.25) is 9.59 Å². The summed E-state index contributed by atoms with van der Waals surface area (Å²) in [4.78, 5) is 27.5. The number of hydrogen-bond acceptors (Lipinski definition) is 4. The fourth-order valence-electron chi connectivity index (χ4n) is 1.53. The van der Waals surface area contributed by atoms with Crippen LogP contribution in [-0.2, 0) is 4.79 Å². The van der Waals surface area contributed by atoms with Gasteiger partial charge < -0.3 is 10.4 Å². The lowest BCUT2D eigenvalue weighted by atomic mass is 10.0. The van der Waals surface area contributed by atoms with Gasteiger partial charge in [-0.25, -0.2) is 4.98 Å². The number of aromatic nitrogens is 1. The van der Waals surface area contributed by atoms with E-state index in [1.54, 1.807) is 13.8 Å². The molecular formula is C11H16N2O3S. The normalized spacial score (nSPS) is 11.3. The Kier molecular flexibility index (Phi) is 3.87. The van der Waals surface area contributed by atoms with Crippen molar-refractivity contribution >= 4 is 23.2 Å². The van der Waals surface area contributed by atoms with Crippen LogP contribution in [0.25, 0.3) is 0 Å². The summed E-state index contributed by atoms with van der Waals surface area (Å²) < 4.78 is 0. The van der Waals surface area contributed by atoms with E-state index in [-0.39, 0.29) is 12.3 Å². The zero-order chi connectivity index (χ0) is 13.2. The number of rotatable bonds is 4. The minimum absolute atomic E-state index is 0.124. The van der Waals surface area contributed by atoms with E-state index in [1.165, 1.54) is 11.3 Å². The molecule has 1 rings (SSSR count). The number of carboxylic acids is 1. The van der Waals surface area contributed by atoms with E-state index in [0.717, 1.165) is 9.88 Å². The second-order valence-corrected chi connectivity index (χ2v) is 5.95. The molecule has 6 heteroatoms. The van der Waals surface area contributed by atoms with Crippen LogP contribution in [0.4, 0.5) is 0 Å². The fraction of sp³-hybridized carbons (Fsp3) is 0.545. The maximum Gasteiger partial charge on any atom is 0.305 e. The highest BCUT2D eigenvalue weighted by Gasteiger charge is 2.26. The van der Waals surface area contributed by atoms with Crippen LogP contribution < -0.4 is 5.32 Å². The molecular weight excluding hydrogens is 240 g/mol. The third-order valence-electron chi connectivity index (χ3n) is 2.16. The molecule has 0 aliphatic rings. The minimum Gasteiger partial charge on any atom is -0.481 e. The van der Waals surface area contributed by atoms with Gasteiger partial charge in [0.1, 0.15) is 5.69 Å². The largest absolute Gasteiger partial charge is 0.481 e. The lowest BCUT2D eigenvalue weighted by molar-refractivity contribution is -0.138. The third kappa shape index (κ3) is 3.81. The van der Waals surface area contributed by atoms with Crippen LogP contribution in [0, 0.1) is 13.8 Å². The van der Waals surface area contributed by atoms with Crippen molar-refractivity contribution in [1.82, 2.24) is 10.3 Å². The minimum atomic E-state index is -0.943. The van der Waals surface area contributed by atoms with E-state index in [2.05, 4.69) is 10.3 Å². The van der Waals surface area contributed by atoms with Crippen LogP contribution in [0.3, 0.4) is 0 Å². The van der Waals surface area contributed by atoms with E-state index in [9.17, 15) is 9.59 Å². The summed E-state index contributed by atoms with van der Waals surface area (Å²) >= 11 is 1.45. The summed E-state index contributed by atoms with van der Waals surface area (Å²) in [6.07, 6.45) is -0.124. The summed E-state index contributed by atoms with van der Waals surface area (Å²) in [5.41, 5.74) is -0.404. The van der Waals surface area contributed by atoms with Crippen LogP contribution >= 0.6 is 11.3 Å². The van der Waals surface area contributed by atoms with Gasteiger partial charge in [0.2, 0.25) is 0 Å². The molecule has 0 atom stereocenters. The number of hydrogen-bond donors (Lipinski definition) is 2. The van der Waals surface area contributed by atoms with Crippen molar-refractivity contribution < 1.29 is 14.7 Å². The lowest BCUT2D eigenvalue weighted by Crippen LogP contribution is -2.45.